The summed E-state index contributed by atoms with van der Waals surface area (Å²) >= 11 is 3.42. The number of hydrogen-bond donors (Lipinski definition) is 2. The minimum Gasteiger partial charge on any atom is -0.486 e. The van der Waals surface area contributed by atoms with Crippen molar-refractivity contribution in [1.29, 1.82) is 0 Å². The van der Waals surface area contributed by atoms with Gasteiger partial charge in [-0.1, -0.05) is 13.8 Å². The van der Waals surface area contributed by atoms with Gasteiger partial charge >= 0.3 is 0 Å². The molecule has 0 aliphatic carbocycles. The van der Waals surface area contributed by atoms with Gasteiger partial charge in [0, 0.05) is 29.1 Å². The third kappa shape index (κ3) is 3.64. The van der Waals surface area contributed by atoms with Crippen LogP contribution in [0.25, 0.3) is 0 Å². The second kappa shape index (κ2) is 6.45. The molecule has 0 bridgehead atoms. The molecular formula is C14H19BrN2O3. The van der Waals surface area contributed by atoms with Crippen LogP contribution < -0.4 is 20.5 Å². The number of nitrogens with one attached hydrogen (secondary N) is 1. The second-order valence-corrected chi connectivity index (χ2v) is 5.99. The van der Waals surface area contributed by atoms with Crippen LogP contribution in [0.5, 0.6) is 11.5 Å². The van der Waals surface area contributed by atoms with Gasteiger partial charge in [-0.3, -0.25) is 4.79 Å². The summed E-state index contributed by atoms with van der Waals surface area (Å²) in [5.41, 5.74) is 6.56. The lowest BCUT2D eigenvalue weighted by molar-refractivity contribution is -0.116. The summed E-state index contributed by atoms with van der Waals surface area (Å²) in [4.78, 5) is 12.0. The Morgan fingerprint density at radius 2 is 1.95 bits per heavy atom. The van der Waals surface area contributed by atoms with Crippen LogP contribution in [-0.4, -0.2) is 25.2 Å². The van der Waals surface area contributed by atoms with Crippen molar-refractivity contribution in [2.45, 2.75) is 26.3 Å². The highest BCUT2D eigenvalue weighted by molar-refractivity contribution is 9.10. The van der Waals surface area contributed by atoms with Crippen molar-refractivity contribution in [3.8, 4) is 11.5 Å². The molecule has 1 aromatic carbocycles. The minimum absolute atomic E-state index is 0.108. The molecule has 0 saturated carbocycles. The van der Waals surface area contributed by atoms with Gasteiger partial charge in [0.15, 0.2) is 11.5 Å². The molecule has 1 unspecified atom stereocenters. The van der Waals surface area contributed by atoms with Gasteiger partial charge in [-0.2, -0.15) is 0 Å². The van der Waals surface area contributed by atoms with Crippen molar-refractivity contribution in [1.82, 2.24) is 0 Å². The maximum atomic E-state index is 12.0. The monoisotopic (exact) mass is 342 g/mol. The average molecular weight is 343 g/mol. The van der Waals surface area contributed by atoms with Crippen LogP contribution in [0, 0.1) is 5.92 Å². The van der Waals surface area contributed by atoms with E-state index in [1.54, 1.807) is 12.1 Å². The van der Waals surface area contributed by atoms with Gasteiger partial charge in [0.2, 0.25) is 5.91 Å². The fourth-order valence-electron chi connectivity index (χ4n) is 1.81. The van der Waals surface area contributed by atoms with Gasteiger partial charge in [0.1, 0.15) is 13.2 Å². The first-order chi connectivity index (χ1) is 9.47. The lowest BCUT2D eigenvalue weighted by Gasteiger charge is -2.20. The third-order valence-electron chi connectivity index (χ3n) is 3.18. The smallest absolute Gasteiger partial charge is 0.225 e. The molecule has 0 saturated heterocycles. The zero-order valence-corrected chi connectivity index (χ0v) is 13.2. The predicted octanol–water partition coefficient (Wildman–Crippen LogP) is 2.53. The van der Waals surface area contributed by atoms with Crippen molar-refractivity contribution in [2.75, 3.05) is 18.5 Å². The molecule has 0 aromatic heterocycles. The van der Waals surface area contributed by atoms with Gasteiger partial charge in [-0.25, -0.2) is 0 Å². The molecule has 3 N–H and O–H groups in total. The van der Waals surface area contributed by atoms with Crippen LogP contribution in [0.2, 0.25) is 0 Å². The predicted molar refractivity (Wildman–Crippen MR) is 81.2 cm³/mol. The standard InChI is InChI=1S/C14H19BrN2O3/c1-8(2)10(16)6-14(18)17-11-7-13-12(5-9(11)15)19-3-4-20-13/h5,7-8,10H,3-4,6,16H2,1-2H3,(H,17,18). The number of benzene rings is 1. The maximum Gasteiger partial charge on any atom is 0.225 e. The summed E-state index contributed by atoms with van der Waals surface area (Å²) in [7, 11) is 0. The van der Waals surface area contributed by atoms with Crippen LogP contribution >= 0.6 is 15.9 Å². The van der Waals surface area contributed by atoms with Crippen molar-refractivity contribution in [3.05, 3.63) is 16.6 Å². The number of hydrogen-bond acceptors (Lipinski definition) is 4. The molecule has 1 amide bonds. The first-order valence-corrected chi connectivity index (χ1v) is 7.41. The Bertz CT molecular complexity index is 505. The number of ether oxygens (including phenoxy) is 2. The van der Waals surface area contributed by atoms with Crippen LogP contribution in [-0.2, 0) is 4.79 Å². The lowest BCUT2D eigenvalue weighted by Crippen LogP contribution is -2.31. The molecular weight excluding hydrogens is 324 g/mol. The van der Waals surface area contributed by atoms with E-state index in [4.69, 9.17) is 15.2 Å². The number of carbonyl (C=O) groups excluding carboxylic acids is 1. The SMILES string of the molecule is CC(C)C(N)CC(=O)Nc1cc2c(cc1Br)OCCO2. The third-order valence-corrected chi connectivity index (χ3v) is 3.84. The molecule has 1 heterocycles. The Labute approximate surface area is 126 Å². The highest BCUT2D eigenvalue weighted by Gasteiger charge is 2.18. The molecule has 1 aliphatic heterocycles. The topological polar surface area (TPSA) is 73.6 Å². The van der Waals surface area contributed by atoms with Crippen LogP contribution in [0.4, 0.5) is 5.69 Å². The number of carbonyl (C=O) groups is 1. The van der Waals surface area contributed by atoms with Crippen molar-refractivity contribution in [2.24, 2.45) is 11.7 Å². The van der Waals surface area contributed by atoms with Crippen LogP contribution in [0.15, 0.2) is 16.6 Å². The number of nitrogens with two attached hydrogens (primary N) is 1. The molecule has 5 nitrogen and oxygen atoms in total. The van der Waals surface area contributed by atoms with Crippen LogP contribution in [0.3, 0.4) is 0 Å². The van der Waals surface area contributed by atoms with E-state index >= 15 is 0 Å². The number of rotatable bonds is 4. The Hall–Kier alpha value is -1.27. The molecule has 0 spiro atoms. The summed E-state index contributed by atoms with van der Waals surface area (Å²) in [6, 6.07) is 3.41. The molecule has 1 aliphatic rings. The summed E-state index contributed by atoms with van der Waals surface area (Å²) < 4.78 is 11.7. The molecule has 1 atom stereocenters. The highest BCUT2D eigenvalue weighted by atomic mass is 79.9. The number of halogens is 1. The van der Waals surface area contributed by atoms with Gasteiger partial charge in [0.05, 0.1) is 5.69 Å². The fourth-order valence-corrected chi connectivity index (χ4v) is 2.23. The molecule has 0 radical (unpaired) electrons. The summed E-state index contributed by atoms with van der Waals surface area (Å²) in [5, 5.41) is 2.84. The zero-order valence-electron chi connectivity index (χ0n) is 11.6. The first kappa shape index (κ1) is 15.1. The molecule has 110 valence electrons. The largest absolute Gasteiger partial charge is 0.486 e. The van der Waals surface area contributed by atoms with E-state index in [0.29, 0.717) is 36.8 Å². The Morgan fingerprint density at radius 1 is 1.35 bits per heavy atom. The Kier molecular flexibility index (Phi) is 4.88. The highest BCUT2D eigenvalue weighted by Crippen LogP contribution is 2.38. The van der Waals surface area contributed by atoms with Crippen LogP contribution in [0.1, 0.15) is 20.3 Å². The molecule has 2 rings (SSSR count). The van der Waals surface area contributed by atoms with Crippen molar-refractivity contribution in [3.63, 3.8) is 0 Å². The summed E-state index contributed by atoms with van der Waals surface area (Å²) in [6.45, 7) is 5.05. The Balaban J connectivity index is 2.07. The first-order valence-electron chi connectivity index (χ1n) is 6.62. The normalized spacial score (nSPS) is 15.1. The van der Waals surface area contributed by atoms with E-state index in [0.717, 1.165) is 4.47 Å². The zero-order chi connectivity index (χ0) is 14.7. The molecule has 0 fully saturated rings. The van der Waals surface area contributed by atoms with E-state index < -0.39 is 0 Å². The Morgan fingerprint density at radius 3 is 2.55 bits per heavy atom. The van der Waals surface area contributed by atoms with Crippen molar-refractivity contribution >= 4 is 27.5 Å². The van der Waals surface area contributed by atoms with Gasteiger partial charge in [-0.15, -0.1) is 0 Å². The maximum absolute atomic E-state index is 12.0. The summed E-state index contributed by atoms with van der Waals surface area (Å²) in [6.07, 6.45) is 0.290. The number of fused-ring (bicyclic) bond motifs is 1. The van der Waals surface area contributed by atoms with E-state index in [9.17, 15) is 4.79 Å². The summed E-state index contributed by atoms with van der Waals surface area (Å²) in [5.74, 6) is 1.48. The fraction of sp³-hybridized carbons (Fsp3) is 0.500. The van der Waals surface area contributed by atoms with E-state index in [1.165, 1.54) is 0 Å². The minimum atomic E-state index is -0.147. The van der Waals surface area contributed by atoms with E-state index in [-0.39, 0.29) is 17.9 Å². The quantitative estimate of drug-likeness (QED) is 0.881. The average Bonchev–Trinajstić information content (AvgIpc) is 2.39. The van der Waals surface area contributed by atoms with Gasteiger partial charge in [-0.05, 0) is 21.8 Å². The number of anilines is 1. The van der Waals surface area contributed by atoms with Gasteiger partial charge < -0.3 is 20.5 Å². The molecule has 20 heavy (non-hydrogen) atoms. The second-order valence-electron chi connectivity index (χ2n) is 5.14. The molecule has 6 heteroatoms. The van der Waals surface area contributed by atoms with Crippen molar-refractivity contribution < 1.29 is 14.3 Å². The van der Waals surface area contributed by atoms with E-state index in [1.807, 2.05) is 13.8 Å². The number of amides is 1. The van der Waals surface area contributed by atoms with E-state index in [2.05, 4.69) is 21.2 Å². The molecule has 1 aromatic rings. The van der Waals surface area contributed by atoms with Gasteiger partial charge in [0.25, 0.3) is 0 Å². The lowest BCUT2D eigenvalue weighted by atomic mass is 10.0.